The second kappa shape index (κ2) is 2.95. The SMILES string of the molecule is O=C(O)c1ccc2nc(=O)ccn2c1. The molecule has 0 saturated heterocycles. The lowest BCUT2D eigenvalue weighted by Gasteiger charge is -1.99. The van der Waals surface area contributed by atoms with Crippen molar-refractivity contribution >= 4 is 11.6 Å². The number of hydrogen-bond acceptors (Lipinski definition) is 3. The summed E-state index contributed by atoms with van der Waals surface area (Å²) in [5.41, 5.74) is 0.249. The maximum Gasteiger partial charge on any atom is 0.337 e. The van der Waals surface area contributed by atoms with Gasteiger partial charge in [0.25, 0.3) is 5.56 Å². The number of aromatic nitrogens is 2. The molecule has 0 fully saturated rings. The molecule has 0 bridgehead atoms. The molecular weight excluding hydrogens is 184 g/mol. The highest BCUT2D eigenvalue weighted by Crippen LogP contribution is 2.02. The van der Waals surface area contributed by atoms with Crippen LogP contribution in [0.15, 0.2) is 35.4 Å². The third kappa shape index (κ3) is 1.35. The number of nitrogens with zero attached hydrogens (tertiary/aromatic N) is 2. The second-order valence-corrected chi connectivity index (χ2v) is 2.75. The van der Waals surface area contributed by atoms with E-state index in [-0.39, 0.29) is 11.1 Å². The van der Waals surface area contributed by atoms with E-state index in [0.717, 1.165) is 0 Å². The Morgan fingerprint density at radius 2 is 2.14 bits per heavy atom. The summed E-state index contributed by atoms with van der Waals surface area (Å²) in [6.45, 7) is 0. The predicted molar refractivity (Wildman–Crippen MR) is 48.4 cm³/mol. The Balaban J connectivity index is 2.73. The molecule has 0 aliphatic rings. The van der Waals surface area contributed by atoms with Crippen LogP contribution < -0.4 is 5.56 Å². The van der Waals surface area contributed by atoms with Gasteiger partial charge in [0, 0.05) is 18.5 Å². The van der Waals surface area contributed by atoms with Crippen molar-refractivity contribution in [2.45, 2.75) is 0 Å². The first-order chi connectivity index (χ1) is 6.66. The summed E-state index contributed by atoms with van der Waals surface area (Å²) in [7, 11) is 0. The number of carboxylic acid groups (broad SMARTS) is 1. The van der Waals surface area contributed by atoms with Crippen LogP contribution in [0.4, 0.5) is 0 Å². The molecule has 5 nitrogen and oxygen atoms in total. The maximum atomic E-state index is 10.9. The number of pyridine rings is 1. The molecule has 2 aromatic heterocycles. The van der Waals surface area contributed by atoms with Crippen LogP contribution in [-0.2, 0) is 0 Å². The summed E-state index contributed by atoms with van der Waals surface area (Å²) in [6.07, 6.45) is 2.89. The molecule has 14 heavy (non-hydrogen) atoms. The zero-order chi connectivity index (χ0) is 10.1. The van der Waals surface area contributed by atoms with Gasteiger partial charge in [0.2, 0.25) is 0 Å². The van der Waals surface area contributed by atoms with E-state index in [4.69, 9.17) is 5.11 Å². The number of aromatic carboxylic acids is 1. The molecule has 0 aliphatic carbocycles. The van der Waals surface area contributed by atoms with E-state index >= 15 is 0 Å². The minimum absolute atomic E-state index is 0.156. The third-order valence-corrected chi connectivity index (χ3v) is 1.80. The smallest absolute Gasteiger partial charge is 0.337 e. The number of carbonyl (C=O) groups is 1. The molecule has 2 heterocycles. The van der Waals surface area contributed by atoms with Crippen LogP contribution in [0.5, 0.6) is 0 Å². The molecule has 70 valence electrons. The molecule has 0 atom stereocenters. The average Bonchev–Trinajstić information content (AvgIpc) is 2.16. The summed E-state index contributed by atoms with van der Waals surface area (Å²) >= 11 is 0. The number of carboxylic acids is 1. The van der Waals surface area contributed by atoms with Gasteiger partial charge in [0.15, 0.2) is 0 Å². The van der Waals surface area contributed by atoms with Crippen molar-refractivity contribution in [3.63, 3.8) is 0 Å². The highest BCUT2D eigenvalue weighted by molar-refractivity contribution is 5.87. The quantitative estimate of drug-likeness (QED) is 0.706. The van der Waals surface area contributed by atoms with Gasteiger partial charge >= 0.3 is 5.97 Å². The van der Waals surface area contributed by atoms with E-state index in [0.29, 0.717) is 5.65 Å². The lowest BCUT2D eigenvalue weighted by Crippen LogP contribution is -2.08. The first kappa shape index (κ1) is 8.43. The van der Waals surface area contributed by atoms with Gasteiger partial charge in [-0.25, -0.2) is 4.79 Å². The van der Waals surface area contributed by atoms with Gasteiger partial charge in [-0.15, -0.1) is 0 Å². The Morgan fingerprint density at radius 1 is 1.36 bits per heavy atom. The largest absolute Gasteiger partial charge is 0.478 e. The van der Waals surface area contributed by atoms with E-state index in [2.05, 4.69) is 4.98 Å². The van der Waals surface area contributed by atoms with Gasteiger partial charge in [0.05, 0.1) is 5.56 Å². The molecule has 0 amide bonds. The molecule has 2 aromatic rings. The molecule has 0 unspecified atom stereocenters. The minimum atomic E-state index is -1.01. The van der Waals surface area contributed by atoms with E-state index in [9.17, 15) is 9.59 Å². The molecule has 0 saturated carbocycles. The normalized spacial score (nSPS) is 10.3. The van der Waals surface area contributed by atoms with Crippen LogP contribution in [0.1, 0.15) is 10.4 Å². The zero-order valence-electron chi connectivity index (χ0n) is 7.04. The van der Waals surface area contributed by atoms with Crippen molar-refractivity contribution in [1.82, 2.24) is 9.38 Å². The van der Waals surface area contributed by atoms with Crippen molar-refractivity contribution in [2.75, 3.05) is 0 Å². The van der Waals surface area contributed by atoms with Gasteiger partial charge < -0.3 is 9.51 Å². The van der Waals surface area contributed by atoms with Gasteiger partial charge in [0.1, 0.15) is 5.65 Å². The molecule has 5 heteroatoms. The van der Waals surface area contributed by atoms with Crippen molar-refractivity contribution in [3.05, 3.63) is 46.5 Å². The Bertz CT molecular complexity index is 559. The van der Waals surface area contributed by atoms with Gasteiger partial charge in [-0.1, -0.05) is 0 Å². The summed E-state index contributed by atoms with van der Waals surface area (Å²) in [5, 5.41) is 8.70. The summed E-state index contributed by atoms with van der Waals surface area (Å²) in [6, 6.07) is 4.17. The van der Waals surface area contributed by atoms with Gasteiger partial charge in [-0.3, -0.25) is 4.79 Å². The van der Waals surface area contributed by atoms with E-state index in [1.165, 1.54) is 35.0 Å². The van der Waals surface area contributed by atoms with E-state index in [1.54, 1.807) is 0 Å². The maximum absolute atomic E-state index is 10.9. The van der Waals surface area contributed by atoms with Crippen LogP contribution in [0.25, 0.3) is 5.65 Å². The molecule has 1 N–H and O–H groups in total. The zero-order valence-corrected chi connectivity index (χ0v) is 7.04. The molecule has 0 aromatic carbocycles. The second-order valence-electron chi connectivity index (χ2n) is 2.75. The Kier molecular flexibility index (Phi) is 1.78. The Labute approximate surface area is 78.3 Å². The lowest BCUT2D eigenvalue weighted by molar-refractivity contribution is 0.0696. The van der Waals surface area contributed by atoms with E-state index < -0.39 is 5.97 Å². The van der Waals surface area contributed by atoms with Crippen molar-refractivity contribution in [3.8, 4) is 0 Å². The molecule has 0 radical (unpaired) electrons. The number of hydrogen-bond donors (Lipinski definition) is 1. The third-order valence-electron chi connectivity index (χ3n) is 1.80. The highest BCUT2D eigenvalue weighted by Gasteiger charge is 2.02. The van der Waals surface area contributed by atoms with E-state index in [1.807, 2.05) is 0 Å². The van der Waals surface area contributed by atoms with Gasteiger partial charge in [-0.2, -0.15) is 4.98 Å². The van der Waals surface area contributed by atoms with Crippen LogP contribution in [-0.4, -0.2) is 20.5 Å². The standard InChI is InChI=1S/C9H6N2O3/c12-8-3-4-11-5-6(9(13)14)1-2-7(11)10-8/h1-5H,(H,13,14). The number of fused-ring (bicyclic) bond motifs is 1. The first-order valence-corrected chi connectivity index (χ1v) is 3.89. The topological polar surface area (TPSA) is 71.7 Å². The van der Waals surface area contributed by atoms with Crippen LogP contribution in [0.3, 0.4) is 0 Å². The number of rotatable bonds is 1. The van der Waals surface area contributed by atoms with Crippen LogP contribution in [0.2, 0.25) is 0 Å². The Hall–Kier alpha value is -2.17. The minimum Gasteiger partial charge on any atom is -0.478 e. The molecule has 2 rings (SSSR count). The molecule has 0 aliphatic heterocycles. The van der Waals surface area contributed by atoms with Crippen LogP contribution >= 0.6 is 0 Å². The Morgan fingerprint density at radius 3 is 2.86 bits per heavy atom. The first-order valence-electron chi connectivity index (χ1n) is 3.89. The average molecular weight is 190 g/mol. The van der Waals surface area contributed by atoms with Crippen LogP contribution in [0, 0.1) is 0 Å². The fraction of sp³-hybridized carbons (Fsp3) is 0. The summed E-state index contributed by atoms with van der Waals surface area (Å²) in [5.74, 6) is -1.01. The van der Waals surface area contributed by atoms with Gasteiger partial charge in [-0.05, 0) is 12.1 Å². The summed E-state index contributed by atoms with van der Waals surface area (Å²) < 4.78 is 1.49. The summed E-state index contributed by atoms with van der Waals surface area (Å²) in [4.78, 5) is 25.2. The van der Waals surface area contributed by atoms with Crippen molar-refractivity contribution < 1.29 is 9.90 Å². The fourth-order valence-corrected chi connectivity index (χ4v) is 1.14. The monoisotopic (exact) mass is 190 g/mol. The lowest BCUT2D eigenvalue weighted by atomic mass is 10.3. The fourth-order valence-electron chi connectivity index (χ4n) is 1.14. The van der Waals surface area contributed by atoms with Crippen molar-refractivity contribution in [2.24, 2.45) is 0 Å². The highest BCUT2D eigenvalue weighted by atomic mass is 16.4. The molecule has 0 spiro atoms. The van der Waals surface area contributed by atoms with Crippen molar-refractivity contribution in [1.29, 1.82) is 0 Å². The predicted octanol–water partition coefficient (Wildman–Crippen LogP) is 0.393. The molecular formula is C9H6N2O3.